The second kappa shape index (κ2) is 5.41. The molecule has 92 valence electrons. The molecule has 0 fully saturated rings. The van der Waals surface area contributed by atoms with Gasteiger partial charge in [-0.05, 0) is 24.3 Å². The van der Waals surface area contributed by atoms with Crippen molar-refractivity contribution in [2.75, 3.05) is 5.32 Å². The van der Waals surface area contributed by atoms with Crippen molar-refractivity contribution in [1.82, 2.24) is 9.97 Å². The summed E-state index contributed by atoms with van der Waals surface area (Å²) in [4.78, 5) is 19.3. The van der Waals surface area contributed by atoms with Crippen molar-refractivity contribution in [1.29, 1.82) is 0 Å². The van der Waals surface area contributed by atoms with Gasteiger partial charge in [0.1, 0.15) is 11.0 Å². The number of aromatic nitrogens is 2. The number of nitrogens with one attached hydrogen (secondary N) is 1. The van der Waals surface area contributed by atoms with Crippen molar-refractivity contribution in [3.63, 3.8) is 0 Å². The first kappa shape index (κ1) is 12.9. The maximum absolute atomic E-state index is 13.5. The topological polar surface area (TPSA) is 54.9 Å². The van der Waals surface area contributed by atoms with E-state index in [-0.39, 0.29) is 16.7 Å². The van der Waals surface area contributed by atoms with Crippen molar-refractivity contribution in [3.8, 4) is 0 Å². The molecule has 0 saturated heterocycles. The minimum atomic E-state index is -0.637. The Morgan fingerprint density at radius 3 is 2.83 bits per heavy atom. The van der Waals surface area contributed by atoms with Gasteiger partial charge in [0.2, 0.25) is 5.95 Å². The molecule has 4 nitrogen and oxygen atoms in total. The molecule has 1 aromatic heterocycles. The van der Waals surface area contributed by atoms with Gasteiger partial charge in [0.25, 0.3) is 5.91 Å². The second-order valence-electron chi connectivity index (χ2n) is 3.28. The highest BCUT2D eigenvalue weighted by Crippen LogP contribution is 2.16. The van der Waals surface area contributed by atoms with Gasteiger partial charge in [0.15, 0.2) is 0 Å². The van der Waals surface area contributed by atoms with Crippen LogP contribution in [0.1, 0.15) is 10.4 Å². The van der Waals surface area contributed by atoms with E-state index >= 15 is 0 Å². The summed E-state index contributed by atoms with van der Waals surface area (Å²) < 4.78 is 14.1. The molecule has 2 rings (SSSR count). The summed E-state index contributed by atoms with van der Waals surface area (Å²) in [7, 11) is 0. The average molecular weight is 331 g/mol. The van der Waals surface area contributed by atoms with E-state index in [4.69, 9.17) is 11.6 Å². The lowest BCUT2D eigenvalue weighted by Crippen LogP contribution is -2.15. The van der Waals surface area contributed by atoms with Crippen LogP contribution in [0.4, 0.5) is 10.3 Å². The fraction of sp³-hybridized carbons (Fsp3) is 0. The normalized spacial score (nSPS) is 10.2. The van der Waals surface area contributed by atoms with Gasteiger partial charge in [0.05, 0.1) is 5.56 Å². The number of anilines is 1. The number of hydrogen-bond acceptors (Lipinski definition) is 3. The molecule has 0 saturated carbocycles. The molecule has 2 aromatic rings. The van der Waals surface area contributed by atoms with E-state index < -0.39 is 11.7 Å². The molecule has 0 aliphatic carbocycles. The third-order valence-corrected chi connectivity index (χ3v) is 2.73. The first-order valence-corrected chi connectivity index (χ1v) is 5.98. The van der Waals surface area contributed by atoms with Crippen molar-refractivity contribution in [2.45, 2.75) is 0 Å². The maximum atomic E-state index is 13.5. The van der Waals surface area contributed by atoms with Gasteiger partial charge in [0, 0.05) is 10.7 Å². The molecule has 18 heavy (non-hydrogen) atoms. The smallest absolute Gasteiger partial charge is 0.260 e. The molecule has 7 heteroatoms. The minimum absolute atomic E-state index is 0.0230. The van der Waals surface area contributed by atoms with E-state index in [2.05, 4.69) is 31.2 Å². The van der Waals surface area contributed by atoms with Gasteiger partial charge in [-0.2, -0.15) is 0 Å². The highest BCUT2D eigenvalue weighted by Gasteiger charge is 2.13. The van der Waals surface area contributed by atoms with Crippen molar-refractivity contribution >= 4 is 39.4 Å². The molecular weight excluding hydrogens is 324 g/mol. The number of amides is 1. The van der Waals surface area contributed by atoms with Crippen LogP contribution in [-0.4, -0.2) is 15.9 Å². The van der Waals surface area contributed by atoms with Crippen LogP contribution in [0.15, 0.2) is 34.9 Å². The van der Waals surface area contributed by atoms with E-state index in [1.165, 1.54) is 24.4 Å². The standard InChI is InChI=1S/C11H6BrClFN3O/c12-6-1-2-7(8(14)5-6)10(18)17-11-15-4-3-9(13)16-11/h1-5H,(H,15,16,17,18). The summed E-state index contributed by atoms with van der Waals surface area (Å²) in [6, 6.07) is 5.60. The summed E-state index contributed by atoms with van der Waals surface area (Å²) in [6.45, 7) is 0. The monoisotopic (exact) mass is 329 g/mol. The van der Waals surface area contributed by atoms with E-state index in [9.17, 15) is 9.18 Å². The summed E-state index contributed by atoms with van der Waals surface area (Å²) in [5, 5.41) is 2.55. The molecular formula is C11H6BrClFN3O. The van der Waals surface area contributed by atoms with Crippen molar-refractivity contribution in [2.24, 2.45) is 0 Å². The predicted octanol–water partition coefficient (Wildman–Crippen LogP) is 3.28. The van der Waals surface area contributed by atoms with E-state index in [1.54, 1.807) is 6.07 Å². The van der Waals surface area contributed by atoms with E-state index in [1.807, 2.05) is 0 Å². The molecule has 0 unspecified atom stereocenters. The molecule has 0 atom stereocenters. The molecule has 0 spiro atoms. The van der Waals surface area contributed by atoms with Gasteiger partial charge in [-0.15, -0.1) is 0 Å². The first-order chi connectivity index (χ1) is 8.56. The Morgan fingerprint density at radius 2 is 2.17 bits per heavy atom. The highest BCUT2D eigenvalue weighted by molar-refractivity contribution is 9.10. The Balaban J connectivity index is 2.22. The number of carbonyl (C=O) groups excluding carboxylic acids is 1. The van der Waals surface area contributed by atoms with Crippen LogP contribution in [0.3, 0.4) is 0 Å². The Labute approximate surface area is 115 Å². The lowest BCUT2D eigenvalue weighted by molar-refractivity contribution is 0.102. The molecule has 0 aliphatic rings. The molecule has 0 bridgehead atoms. The second-order valence-corrected chi connectivity index (χ2v) is 4.58. The van der Waals surface area contributed by atoms with Gasteiger partial charge in [-0.1, -0.05) is 27.5 Å². The van der Waals surface area contributed by atoms with Gasteiger partial charge >= 0.3 is 0 Å². The highest BCUT2D eigenvalue weighted by atomic mass is 79.9. The number of nitrogens with zero attached hydrogens (tertiary/aromatic N) is 2. The van der Waals surface area contributed by atoms with Crippen LogP contribution >= 0.6 is 27.5 Å². The minimum Gasteiger partial charge on any atom is -0.290 e. The lowest BCUT2D eigenvalue weighted by Gasteiger charge is -2.04. The maximum Gasteiger partial charge on any atom is 0.260 e. The number of rotatable bonds is 2. The quantitative estimate of drug-likeness (QED) is 0.860. The fourth-order valence-electron chi connectivity index (χ4n) is 1.24. The first-order valence-electron chi connectivity index (χ1n) is 4.81. The molecule has 1 amide bonds. The van der Waals surface area contributed by atoms with Crippen molar-refractivity contribution in [3.05, 3.63) is 51.5 Å². The van der Waals surface area contributed by atoms with Gasteiger partial charge in [-0.25, -0.2) is 14.4 Å². The third-order valence-electron chi connectivity index (χ3n) is 2.02. The summed E-state index contributed by atoms with van der Waals surface area (Å²) in [5.41, 5.74) is -0.0956. The number of carbonyl (C=O) groups is 1. The van der Waals surface area contributed by atoms with E-state index in [0.717, 1.165) is 0 Å². The largest absolute Gasteiger partial charge is 0.290 e. The Morgan fingerprint density at radius 1 is 1.39 bits per heavy atom. The summed E-state index contributed by atoms with van der Waals surface area (Å²) in [6.07, 6.45) is 1.39. The Bertz CT molecular complexity index is 609. The molecule has 1 heterocycles. The molecule has 1 aromatic carbocycles. The summed E-state index contributed by atoms with van der Waals surface area (Å²) >= 11 is 8.75. The molecule has 0 radical (unpaired) electrons. The summed E-state index contributed by atoms with van der Waals surface area (Å²) in [5.74, 6) is -1.25. The molecule has 1 N–H and O–H groups in total. The lowest BCUT2D eigenvalue weighted by atomic mass is 10.2. The number of halogens is 3. The Kier molecular flexibility index (Phi) is 3.88. The van der Waals surface area contributed by atoms with Crippen LogP contribution < -0.4 is 5.32 Å². The van der Waals surface area contributed by atoms with Crippen LogP contribution in [0.5, 0.6) is 0 Å². The van der Waals surface area contributed by atoms with Gasteiger partial charge in [-0.3, -0.25) is 10.1 Å². The predicted molar refractivity (Wildman–Crippen MR) is 69.1 cm³/mol. The zero-order chi connectivity index (χ0) is 13.1. The number of hydrogen-bond donors (Lipinski definition) is 1. The SMILES string of the molecule is O=C(Nc1nccc(Cl)n1)c1ccc(Br)cc1F. The van der Waals surface area contributed by atoms with Crippen LogP contribution in [0.25, 0.3) is 0 Å². The number of benzene rings is 1. The molecule has 0 aliphatic heterocycles. The van der Waals surface area contributed by atoms with Crippen molar-refractivity contribution < 1.29 is 9.18 Å². The average Bonchev–Trinajstić information content (AvgIpc) is 2.28. The Hall–Kier alpha value is -1.53. The van der Waals surface area contributed by atoms with Gasteiger partial charge < -0.3 is 0 Å². The van der Waals surface area contributed by atoms with Crippen LogP contribution in [0, 0.1) is 5.82 Å². The third kappa shape index (κ3) is 3.02. The zero-order valence-corrected chi connectivity index (χ0v) is 11.2. The fourth-order valence-corrected chi connectivity index (χ4v) is 1.71. The van der Waals surface area contributed by atoms with Crippen LogP contribution in [-0.2, 0) is 0 Å². The van der Waals surface area contributed by atoms with Crippen LogP contribution in [0.2, 0.25) is 5.15 Å². The zero-order valence-electron chi connectivity index (χ0n) is 8.82. The van der Waals surface area contributed by atoms with E-state index in [0.29, 0.717) is 4.47 Å².